The molecular formula is C26H27N3O4. The Bertz CT molecular complexity index is 1240. The van der Waals surface area contributed by atoms with Crippen molar-refractivity contribution in [2.75, 3.05) is 13.1 Å². The first-order chi connectivity index (χ1) is 15.9. The molecule has 7 nitrogen and oxygen atoms in total. The molecule has 0 amide bonds. The van der Waals surface area contributed by atoms with Gasteiger partial charge >= 0.3 is 0 Å². The number of carbonyl (C=O) groups is 2. The van der Waals surface area contributed by atoms with Crippen molar-refractivity contribution in [3.8, 4) is 17.1 Å². The summed E-state index contributed by atoms with van der Waals surface area (Å²) in [5.74, 6) is 0.258. The first-order valence-electron chi connectivity index (χ1n) is 11.4. The number of aromatic nitrogens is 2. The molecule has 7 heteroatoms. The molecule has 33 heavy (non-hydrogen) atoms. The summed E-state index contributed by atoms with van der Waals surface area (Å²) in [7, 11) is 0. The maximum atomic E-state index is 13.9. The fraction of sp³-hybridized carbons (Fsp3) is 0.385. The van der Waals surface area contributed by atoms with Gasteiger partial charge in [-0.1, -0.05) is 30.3 Å². The van der Waals surface area contributed by atoms with E-state index in [1.165, 1.54) is 0 Å². The Balaban J connectivity index is 1.57. The molecule has 1 atom stereocenters. The van der Waals surface area contributed by atoms with E-state index in [-0.39, 0.29) is 11.6 Å². The van der Waals surface area contributed by atoms with Crippen LogP contribution in [0, 0.1) is 19.8 Å². The second-order valence-electron chi connectivity index (χ2n) is 8.96. The number of ketones is 2. The van der Waals surface area contributed by atoms with Crippen molar-refractivity contribution in [2.24, 2.45) is 5.92 Å². The normalized spacial score (nSPS) is 19.2. The van der Waals surface area contributed by atoms with E-state index >= 15 is 0 Å². The van der Waals surface area contributed by atoms with Crippen molar-refractivity contribution in [3.05, 3.63) is 64.5 Å². The van der Waals surface area contributed by atoms with Gasteiger partial charge in [0.15, 0.2) is 11.6 Å². The lowest BCUT2D eigenvalue weighted by molar-refractivity contribution is -0.0138. The summed E-state index contributed by atoms with van der Waals surface area (Å²) in [5, 5.41) is 7.34. The Hall–Kier alpha value is -3.32. The molecule has 1 fully saturated rings. The number of ether oxygens (including phenoxy) is 1. The van der Waals surface area contributed by atoms with E-state index in [0.29, 0.717) is 66.5 Å². The zero-order valence-electron chi connectivity index (χ0n) is 19.1. The number of piperidine rings is 1. The first kappa shape index (κ1) is 21.5. The number of rotatable bonds is 4. The number of nitrogens with one attached hydrogen (secondary N) is 1. The molecule has 3 heterocycles. The summed E-state index contributed by atoms with van der Waals surface area (Å²) in [5.41, 5.74) is 2.83. The third kappa shape index (κ3) is 3.66. The fourth-order valence-corrected chi connectivity index (χ4v) is 4.83. The van der Waals surface area contributed by atoms with E-state index in [4.69, 9.17) is 9.26 Å². The summed E-state index contributed by atoms with van der Waals surface area (Å²) in [6, 6.07) is 10.9. The van der Waals surface area contributed by atoms with Crippen molar-refractivity contribution in [1.29, 1.82) is 0 Å². The zero-order chi connectivity index (χ0) is 23.2. The van der Waals surface area contributed by atoms with Gasteiger partial charge in [-0.3, -0.25) is 9.59 Å². The second-order valence-corrected chi connectivity index (χ2v) is 8.96. The van der Waals surface area contributed by atoms with E-state index < -0.39 is 11.5 Å². The summed E-state index contributed by atoms with van der Waals surface area (Å²) >= 11 is 0. The maximum absolute atomic E-state index is 13.9. The van der Waals surface area contributed by atoms with Crippen LogP contribution >= 0.6 is 0 Å². The van der Waals surface area contributed by atoms with Crippen LogP contribution in [-0.4, -0.2) is 40.4 Å². The number of nitrogens with zero attached hydrogens (tertiary/aromatic N) is 2. The highest BCUT2D eigenvalue weighted by Crippen LogP contribution is 2.44. The third-order valence-electron chi connectivity index (χ3n) is 6.85. The van der Waals surface area contributed by atoms with Crippen molar-refractivity contribution in [2.45, 2.75) is 45.6 Å². The second kappa shape index (κ2) is 8.23. The number of aryl methyl sites for hydroxylation is 3. The van der Waals surface area contributed by atoms with Crippen LogP contribution in [0.3, 0.4) is 0 Å². The van der Waals surface area contributed by atoms with Crippen molar-refractivity contribution >= 4 is 11.6 Å². The molecule has 2 aliphatic rings. The van der Waals surface area contributed by atoms with E-state index in [0.717, 1.165) is 11.1 Å². The van der Waals surface area contributed by atoms with Crippen LogP contribution < -0.4 is 10.1 Å². The SMILES string of the molecule is CCc1nc(-c2cccc(C(=O)[C@@H]3C(=O)c4cc(C)c(C)cc4OC34CCNCC4)c2)no1. The van der Waals surface area contributed by atoms with Gasteiger partial charge in [-0.05, 0) is 56.3 Å². The number of carbonyl (C=O) groups excluding carboxylic acids is 2. The minimum atomic E-state index is -0.902. The highest BCUT2D eigenvalue weighted by atomic mass is 16.5. The molecule has 5 rings (SSSR count). The van der Waals surface area contributed by atoms with Crippen LogP contribution in [0.1, 0.15) is 57.5 Å². The molecule has 1 aromatic heterocycles. The predicted octanol–water partition coefficient (Wildman–Crippen LogP) is 4.11. The smallest absolute Gasteiger partial charge is 0.226 e. The summed E-state index contributed by atoms with van der Waals surface area (Å²) in [4.78, 5) is 32.1. The monoisotopic (exact) mass is 445 g/mol. The number of hydrogen-bond acceptors (Lipinski definition) is 7. The first-order valence-corrected chi connectivity index (χ1v) is 11.4. The van der Waals surface area contributed by atoms with Gasteiger partial charge in [-0.15, -0.1) is 0 Å². The molecule has 1 N–H and O–H groups in total. The van der Waals surface area contributed by atoms with Crippen LogP contribution in [0.25, 0.3) is 11.4 Å². The molecule has 0 bridgehead atoms. The third-order valence-corrected chi connectivity index (χ3v) is 6.85. The number of hydrogen-bond donors (Lipinski definition) is 1. The largest absolute Gasteiger partial charge is 0.485 e. The van der Waals surface area contributed by atoms with E-state index in [9.17, 15) is 9.59 Å². The summed E-state index contributed by atoms with van der Waals surface area (Å²) in [6.07, 6.45) is 1.81. The summed E-state index contributed by atoms with van der Waals surface area (Å²) < 4.78 is 11.8. The van der Waals surface area contributed by atoms with Gasteiger partial charge < -0.3 is 14.6 Å². The van der Waals surface area contributed by atoms with Gasteiger partial charge in [-0.2, -0.15) is 4.98 Å². The quantitative estimate of drug-likeness (QED) is 0.477. The van der Waals surface area contributed by atoms with E-state index in [2.05, 4.69) is 15.5 Å². The fourth-order valence-electron chi connectivity index (χ4n) is 4.83. The molecule has 1 spiro atoms. The Morgan fingerprint density at radius 2 is 1.91 bits per heavy atom. The molecule has 170 valence electrons. The van der Waals surface area contributed by atoms with Gasteiger partial charge in [0.1, 0.15) is 17.3 Å². The van der Waals surface area contributed by atoms with Crippen LogP contribution in [0.15, 0.2) is 40.9 Å². The van der Waals surface area contributed by atoms with Gasteiger partial charge in [0, 0.05) is 30.4 Å². The molecular weight excluding hydrogens is 418 g/mol. The Kier molecular flexibility index (Phi) is 5.37. The molecule has 2 aromatic carbocycles. The molecule has 0 aliphatic carbocycles. The molecule has 0 radical (unpaired) electrons. The highest BCUT2D eigenvalue weighted by molar-refractivity contribution is 6.19. The zero-order valence-corrected chi connectivity index (χ0v) is 19.1. The minimum Gasteiger partial charge on any atom is -0.485 e. The lowest BCUT2D eigenvalue weighted by Gasteiger charge is -2.45. The van der Waals surface area contributed by atoms with Gasteiger partial charge in [0.25, 0.3) is 0 Å². The van der Waals surface area contributed by atoms with E-state index in [1.807, 2.05) is 39.0 Å². The molecule has 0 unspecified atom stereocenters. The molecule has 2 aliphatic heterocycles. The molecule has 3 aromatic rings. The number of fused-ring (bicyclic) bond motifs is 1. The van der Waals surface area contributed by atoms with Crippen LogP contribution in [-0.2, 0) is 6.42 Å². The topological polar surface area (TPSA) is 94.3 Å². The average molecular weight is 446 g/mol. The van der Waals surface area contributed by atoms with Crippen LogP contribution in [0.4, 0.5) is 0 Å². The molecule has 0 saturated carbocycles. The van der Waals surface area contributed by atoms with Crippen molar-refractivity contribution in [1.82, 2.24) is 15.5 Å². The number of benzene rings is 2. The van der Waals surface area contributed by atoms with Gasteiger partial charge in [0.05, 0.1) is 5.56 Å². The lowest BCUT2D eigenvalue weighted by Crippen LogP contribution is -2.58. The van der Waals surface area contributed by atoms with Crippen LogP contribution in [0.5, 0.6) is 5.75 Å². The lowest BCUT2D eigenvalue weighted by atomic mass is 9.70. The van der Waals surface area contributed by atoms with Gasteiger partial charge in [-0.25, -0.2) is 0 Å². The Morgan fingerprint density at radius 1 is 1.15 bits per heavy atom. The minimum absolute atomic E-state index is 0.163. The average Bonchev–Trinajstić information content (AvgIpc) is 3.31. The maximum Gasteiger partial charge on any atom is 0.226 e. The van der Waals surface area contributed by atoms with Crippen molar-refractivity contribution in [3.63, 3.8) is 0 Å². The van der Waals surface area contributed by atoms with Crippen molar-refractivity contribution < 1.29 is 18.8 Å². The standard InChI is InChI=1S/C26H27N3O4/c1-4-21-28-25(29-33-21)18-7-5-6-17(14-18)23(30)22-24(31)19-12-15(2)16(3)13-20(19)32-26(22)8-10-27-11-9-26/h5-7,12-14,22,27H,4,8-11H2,1-3H3/t22-/m1/s1. The number of Topliss-reactive ketones (excluding diaryl/α,β-unsaturated/α-hetero) is 2. The van der Waals surface area contributed by atoms with Crippen LogP contribution in [0.2, 0.25) is 0 Å². The van der Waals surface area contributed by atoms with Gasteiger partial charge in [0.2, 0.25) is 11.7 Å². The Labute approximate surface area is 192 Å². The summed E-state index contributed by atoms with van der Waals surface area (Å²) in [6.45, 7) is 7.29. The van der Waals surface area contributed by atoms with E-state index in [1.54, 1.807) is 18.2 Å². The Morgan fingerprint density at radius 3 is 2.64 bits per heavy atom. The highest BCUT2D eigenvalue weighted by Gasteiger charge is 2.53. The predicted molar refractivity (Wildman–Crippen MR) is 123 cm³/mol. The molecule has 1 saturated heterocycles.